The summed E-state index contributed by atoms with van der Waals surface area (Å²) in [5.74, 6) is 1.43. The maximum absolute atomic E-state index is 11.9. The fraction of sp³-hybridized carbons (Fsp3) is 0.318. The van der Waals surface area contributed by atoms with E-state index in [9.17, 15) is 4.79 Å². The summed E-state index contributed by atoms with van der Waals surface area (Å²) in [6.07, 6.45) is 5.74. The predicted molar refractivity (Wildman–Crippen MR) is 107 cm³/mol. The maximum atomic E-state index is 11.9. The number of hydrogen-bond donors (Lipinski definition) is 1. The molecular formula is C22H23N5O. The third kappa shape index (κ3) is 2.99. The zero-order chi connectivity index (χ0) is 19.1. The van der Waals surface area contributed by atoms with Crippen molar-refractivity contribution in [2.75, 3.05) is 20.1 Å². The molecule has 0 spiro atoms. The third-order valence-electron chi connectivity index (χ3n) is 5.98. The van der Waals surface area contributed by atoms with Crippen molar-refractivity contribution < 1.29 is 4.79 Å². The van der Waals surface area contributed by atoms with Crippen molar-refractivity contribution in [1.82, 2.24) is 25.0 Å². The molecule has 1 unspecified atom stereocenters. The van der Waals surface area contributed by atoms with E-state index in [2.05, 4.69) is 33.5 Å². The van der Waals surface area contributed by atoms with Gasteiger partial charge in [0.1, 0.15) is 0 Å². The second-order valence-corrected chi connectivity index (χ2v) is 7.68. The van der Waals surface area contributed by atoms with Crippen LogP contribution >= 0.6 is 0 Å². The summed E-state index contributed by atoms with van der Waals surface area (Å²) in [6.45, 7) is 2.81. The SMILES string of the molecule is CNC(=O)C1[C@H]2CN(Cc3cn(-c4ccccc4)nc3-c3ccncc3)C[C@@H]12. The Morgan fingerprint density at radius 3 is 2.50 bits per heavy atom. The van der Waals surface area contributed by atoms with Gasteiger partial charge in [-0.25, -0.2) is 4.68 Å². The first-order chi connectivity index (χ1) is 13.7. The highest BCUT2D eigenvalue weighted by molar-refractivity contribution is 5.82. The summed E-state index contributed by atoms with van der Waals surface area (Å²) >= 11 is 0. The lowest BCUT2D eigenvalue weighted by molar-refractivity contribution is -0.122. The third-order valence-corrected chi connectivity index (χ3v) is 5.98. The quantitative estimate of drug-likeness (QED) is 0.746. The molecule has 5 rings (SSSR count). The number of nitrogens with zero attached hydrogens (tertiary/aromatic N) is 4. The van der Waals surface area contributed by atoms with E-state index >= 15 is 0 Å². The van der Waals surface area contributed by atoms with Gasteiger partial charge in [-0.1, -0.05) is 18.2 Å². The number of carbonyl (C=O) groups is 1. The Morgan fingerprint density at radius 1 is 1.11 bits per heavy atom. The fourth-order valence-electron chi connectivity index (χ4n) is 4.53. The van der Waals surface area contributed by atoms with Crippen LogP contribution in [0.2, 0.25) is 0 Å². The standard InChI is InChI=1S/C22H23N5O/c1-23-22(28)20-18-13-26(14-19(18)20)11-16-12-27(17-5-3-2-4-6-17)25-21(16)15-7-9-24-10-8-15/h2-10,12,18-20H,11,13-14H2,1H3,(H,23,28)/t18-,19+,20?. The van der Waals surface area contributed by atoms with E-state index in [0.29, 0.717) is 11.8 Å². The van der Waals surface area contributed by atoms with Crippen molar-refractivity contribution in [2.24, 2.45) is 17.8 Å². The van der Waals surface area contributed by atoms with Crippen LogP contribution in [0, 0.1) is 17.8 Å². The molecule has 1 aliphatic carbocycles. The van der Waals surface area contributed by atoms with E-state index in [1.807, 2.05) is 35.0 Å². The summed E-state index contributed by atoms with van der Waals surface area (Å²) in [5, 5.41) is 7.67. The monoisotopic (exact) mass is 373 g/mol. The molecule has 3 heterocycles. The molecule has 1 aromatic carbocycles. The molecule has 1 saturated carbocycles. The summed E-state index contributed by atoms with van der Waals surface area (Å²) in [7, 11) is 1.73. The number of nitrogens with one attached hydrogen (secondary N) is 1. The Morgan fingerprint density at radius 2 is 1.82 bits per heavy atom. The first-order valence-corrected chi connectivity index (χ1v) is 9.73. The average Bonchev–Trinajstić information content (AvgIpc) is 3.07. The van der Waals surface area contributed by atoms with Crippen LogP contribution in [-0.2, 0) is 11.3 Å². The normalized spacial score (nSPS) is 23.4. The zero-order valence-corrected chi connectivity index (χ0v) is 15.8. The van der Waals surface area contributed by atoms with E-state index in [4.69, 9.17) is 5.10 Å². The minimum absolute atomic E-state index is 0.198. The number of aromatic nitrogens is 3. The van der Waals surface area contributed by atoms with E-state index < -0.39 is 0 Å². The summed E-state index contributed by atoms with van der Waals surface area (Å²) in [6, 6.07) is 14.2. The molecule has 0 bridgehead atoms. The molecule has 3 aromatic rings. The van der Waals surface area contributed by atoms with Gasteiger partial charge < -0.3 is 5.32 Å². The molecule has 28 heavy (non-hydrogen) atoms. The smallest absolute Gasteiger partial charge is 0.223 e. The van der Waals surface area contributed by atoms with Gasteiger partial charge in [0.15, 0.2) is 0 Å². The van der Waals surface area contributed by atoms with Gasteiger partial charge in [0.25, 0.3) is 0 Å². The van der Waals surface area contributed by atoms with Crippen molar-refractivity contribution in [2.45, 2.75) is 6.54 Å². The predicted octanol–water partition coefficient (Wildman–Crippen LogP) is 2.36. The van der Waals surface area contributed by atoms with Crippen molar-refractivity contribution >= 4 is 5.91 Å². The zero-order valence-electron chi connectivity index (χ0n) is 15.8. The number of amides is 1. The Bertz CT molecular complexity index is 973. The van der Waals surface area contributed by atoms with Crippen molar-refractivity contribution in [1.29, 1.82) is 0 Å². The lowest BCUT2D eigenvalue weighted by Gasteiger charge is -2.19. The van der Waals surface area contributed by atoms with Crippen molar-refractivity contribution in [3.8, 4) is 16.9 Å². The molecule has 2 aliphatic rings. The van der Waals surface area contributed by atoms with Gasteiger partial charge in [-0.05, 0) is 36.1 Å². The lowest BCUT2D eigenvalue weighted by Crippen LogP contribution is -2.29. The van der Waals surface area contributed by atoms with Crippen molar-refractivity contribution in [3.05, 3.63) is 66.6 Å². The Hall–Kier alpha value is -2.99. The van der Waals surface area contributed by atoms with Crippen LogP contribution in [0.15, 0.2) is 61.1 Å². The molecule has 2 aromatic heterocycles. The number of carbonyl (C=O) groups excluding carboxylic acids is 1. The minimum atomic E-state index is 0.198. The summed E-state index contributed by atoms with van der Waals surface area (Å²) in [4.78, 5) is 18.5. The highest BCUT2D eigenvalue weighted by Crippen LogP contribution is 2.52. The molecular weight excluding hydrogens is 350 g/mol. The Balaban J connectivity index is 1.40. The van der Waals surface area contributed by atoms with Crippen LogP contribution in [0.4, 0.5) is 0 Å². The van der Waals surface area contributed by atoms with Crippen LogP contribution in [0.3, 0.4) is 0 Å². The van der Waals surface area contributed by atoms with Gasteiger partial charge in [-0.3, -0.25) is 14.7 Å². The van der Waals surface area contributed by atoms with E-state index in [0.717, 1.165) is 36.6 Å². The molecule has 142 valence electrons. The average molecular weight is 373 g/mol. The van der Waals surface area contributed by atoms with E-state index in [1.165, 1.54) is 5.56 Å². The Kier molecular flexibility index (Phi) is 4.20. The highest BCUT2D eigenvalue weighted by Gasteiger charge is 2.58. The van der Waals surface area contributed by atoms with Crippen LogP contribution < -0.4 is 5.32 Å². The molecule has 2 fully saturated rings. The maximum Gasteiger partial charge on any atom is 0.223 e. The molecule has 6 nitrogen and oxygen atoms in total. The summed E-state index contributed by atoms with van der Waals surface area (Å²) in [5.41, 5.74) is 4.32. The topological polar surface area (TPSA) is 63.1 Å². The number of hydrogen-bond acceptors (Lipinski definition) is 4. The molecule has 1 saturated heterocycles. The second kappa shape index (κ2) is 6.87. The number of pyridine rings is 1. The van der Waals surface area contributed by atoms with Gasteiger partial charge in [-0.15, -0.1) is 0 Å². The van der Waals surface area contributed by atoms with Gasteiger partial charge in [0.05, 0.1) is 11.4 Å². The van der Waals surface area contributed by atoms with Crippen LogP contribution in [0.1, 0.15) is 5.56 Å². The largest absolute Gasteiger partial charge is 0.359 e. The molecule has 0 radical (unpaired) electrons. The number of rotatable bonds is 5. The number of piperidine rings is 1. The molecule has 1 amide bonds. The van der Waals surface area contributed by atoms with E-state index in [1.54, 1.807) is 19.4 Å². The molecule has 6 heteroatoms. The van der Waals surface area contributed by atoms with Gasteiger partial charge in [-0.2, -0.15) is 5.10 Å². The van der Waals surface area contributed by atoms with Crippen LogP contribution in [0.5, 0.6) is 0 Å². The number of para-hydroxylation sites is 1. The minimum Gasteiger partial charge on any atom is -0.359 e. The van der Waals surface area contributed by atoms with Crippen LogP contribution in [-0.4, -0.2) is 45.7 Å². The fourth-order valence-corrected chi connectivity index (χ4v) is 4.53. The van der Waals surface area contributed by atoms with Gasteiger partial charge in [0.2, 0.25) is 5.91 Å². The first-order valence-electron chi connectivity index (χ1n) is 9.73. The second-order valence-electron chi connectivity index (χ2n) is 7.68. The van der Waals surface area contributed by atoms with Gasteiger partial charge in [0, 0.05) is 62.3 Å². The van der Waals surface area contributed by atoms with Gasteiger partial charge >= 0.3 is 0 Å². The van der Waals surface area contributed by atoms with Crippen molar-refractivity contribution in [3.63, 3.8) is 0 Å². The lowest BCUT2D eigenvalue weighted by atomic mass is 10.1. The molecule has 1 aliphatic heterocycles. The Labute approximate surface area is 164 Å². The van der Waals surface area contributed by atoms with Crippen LogP contribution in [0.25, 0.3) is 16.9 Å². The van der Waals surface area contributed by atoms with E-state index in [-0.39, 0.29) is 11.8 Å². The molecule has 1 N–H and O–H groups in total. The highest BCUT2D eigenvalue weighted by atomic mass is 16.2. The first kappa shape index (κ1) is 17.1. The molecule has 3 atom stereocenters. The number of likely N-dealkylation sites (tertiary alicyclic amines) is 1. The number of fused-ring (bicyclic) bond motifs is 1. The number of benzene rings is 1. The summed E-state index contributed by atoms with van der Waals surface area (Å²) < 4.78 is 1.95.